The van der Waals surface area contributed by atoms with Gasteiger partial charge in [-0.05, 0) is 44.9 Å². The van der Waals surface area contributed by atoms with Crippen LogP contribution in [0.2, 0.25) is 5.02 Å². The van der Waals surface area contributed by atoms with Crippen LogP contribution in [0.5, 0.6) is 5.88 Å². The highest BCUT2D eigenvalue weighted by Gasteiger charge is 2.37. The van der Waals surface area contributed by atoms with Crippen molar-refractivity contribution in [2.75, 3.05) is 6.26 Å². The largest absolute Gasteiger partial charge is 0.403 e. The van der Waals surface area contributed by atoms with E-state index in [0.29, 0.717) is 11.4 Å². The zero-order valence-electron chi connectivity index (χ0n) is 22.1. The molecule has 39 heavy (non-hydrogen) atoms. The zero-order chi connectivity index (χ0) is 28.2. The van der Waals surface area contributed by atoms with Gasteiger partial charge in [0, 0.05) is 49.8 Å². The van der Waals surface area contributed by atoms with Gasteiger partial charge in [-0.15, -0.1) is 0 Å². The van der Waals surface area contributed by atoms with Crippen LogP contribution < -0.4 is 4.74 Å². The summed E-state index contributed by atoms with van der Waals surface area (Å²) in [6.07, 6.45) is 6.02. The Morgan fingerprint density at radius 1 is 1.08 bits per heavy atom. The van der Waals surface area contributed by atoms with Gasteiger partial charge in [0.2, 0.25) is 11.7 Å². The lowest BCUT2D eigenvalue weighted by Gasteiger charge is -2.14. The number of hydrogen-bond donors (Lipinski definition) is 0. The maximum absolute atomic E-state index is 14.1. The predicted molar refractivity (Wildman–Crippen MR) is 142 cm³/mol. The number of benzene rings is 1. The molecule has 1 fully saturated rings. The third kappa shape index (κ3) is 5.13. The summed E-state index contributed by atoms with van der Waals surface area (Å²) in [5.41, 5.74) is 2.46. The minimum absolute atomic E-state index is 0.00418. The van der Waals surface area contributed by atoms with Crippen LogP contribution in [0.1, 0.15) is 67.7 Å². The fourth-order valence-electron chi connectivity index (χ4n) is 4.57. The smallest absolute Gasteiger partial charge is 0.348 e. The SMILES string of the molecule is Cc1ccn(Cc2c(S(C)(=O)=O)ccc(C(=O)c3c(C4CC4)nn(C)c3OC(=O)c3cn(C)nc3C)c2Cl)n1. The Balaban J connectivity index is 1.61. The second kappa shape index (κ2) is 9.76. The fourth-order valence-corrected chi connectivity index (χ4v) is 5.86. The second-order valence-corrected chi connectivity index (χ2v) is 12.2. The highest BCUT2D eigenvalue weighted by molar-refractivity contribution is 7.90. The van der Waals surface area contributed by atoms with Gasteiger partial charge >= 0.3 is 5.97 Å². The lowest BCUT2D eigenvalue weighted by molar-refractivity contribution is 0.0717. The van der Waals surface area contributed by atoms with Crippen LogP contribution in [-0.2, 0) is 30.5 Å². The molecule has 4 aromatic rings. The number of halogens is 1. The predicted octanol–water partition coefficient (Wildman–Crippen LogP) is 3.40. The molecule has 0 bridgehead atoms. The minimum atomic E-state index is -3.67. The first kappa shape index (κ1) is 26.8. The zero-order valence-corrected chi connectivity index (χ0v) is 23.7. The van der Waals surface area contributed by atoms with Crippen molar-refractivity contribution >= 4 is 33.2 Å². The highest BCUT2D eigenvalue weighted by Crippen LogP contribution is 2.44. The normalized spacial score (nSPS) is 13.6. The summed E-state index contributed by atoms with van der Waals surface area (Å²) >= 11 is 6.78. The van der Waals surface area contributed by atoms with Crippen molar-refractivity contribution in [3.63, 3.8) is 0 Å². The van der Waals surface area contributed by atoms with E-state index in [1.807, 2.05) is 6.92 Å². The third-order valence-corrected chi connectivity index (χ3v) is 8.19. The molecule has 3 heterocycles. The molecule has 0 N–H and O–H groups in total. The molecule has 0 atom stereocenters. The number of nitrogens with zero attached hydrogens (tertiary/aromatic N) is 6. The van der Waals surface area contributed by atoms with Gasteiger partial charge in [0.1, 0.15) is 11.1 Å². The summed E-state index contributed by atoms with van der Waals surface area (Å²) in [5.74, 6) is -1.15. The molecule has 0 saturated heterocycles. The number of ether oxygens (including phenoxy) is 1. The van der Waals surface area contributed by atoms with E-state index in [2.05, 4.69) is 15.3 Å². The summed E-state index contributed by atoms with van der Waals surface area (Å²) in [7, 11) is -0.380. The van der Waals surface area contributed by atoms with Crippen LogP contribution in [-0.4, -0.2) is 55.8 Å². The molecular formula is C26H27ClN6O5S. The number of sulfone groups is 1. The number of carbonyl (C=O) groups excluding carboxylic acids is 2. The van der Waals surface area contributed by atoms with E-state index >= 15 is 0 Å². The lowest BCUT2D eigenvalue weighted by Crippen LogP contribution is -2.16. The Kier molecular flexibility index (Phi) is 6.71. The first-order chi connectivity index (χ1) is 18.3. The highest BCUT2D eigenvalue weighted by atomic mass is 35.5. The van der Waals surface area contributed by atoms with Crippen molar-refractivity contribution in [3.05, 3.63) is 75.0 Å². The number of rotatable bonds is 8. The molecule has 1 aliphatic carbocycles. The van der Waals surface area contributed by atoms with E-state index in [1.54, 1.807) is 44.2 Å². The Bertz CT molecular complexity index is 1750. The molecular weight excluding hydrogens is 544 g/mol. The van der Waals surface area contributed by atoms with E-state index in [9.17, 15) is 18.0 Å². The van der Waals surface area contributed by atoms with Crippen molar-refractivity contribution < 1.29 is 22.7 Å². The Morgan fingerprint density at radius 3 is 2.36 bits per heavy atom. The van der Waals surface area contributed by atoms with Gasteiger partial charge < -0.3 is 4.74 Å². The molecule has 0 amide bonds. The summed E-state index contributed by atoms with van der Waals surface area (Å²) in [5, 5.41) is 13.0. The number of ketones is 1. The number of aryl methyl sites for hydroxylation is 4. The molecule has 0 unspecified atom stereocenters. The van der Waals surface area contributed by atoms with Crippen molar-refractivity contribution in [1.82, 2.24) is 29.3 Å². The third-order valence-electron chi connectivity index (χ3n) is 6.57. The Hall–Kier alpha value is -3.77. The molecule has 1 aromatic carbocycles. The van der Waals surface area contributed by atoms with Crippen LogP contribution in [0.15, 0.2) is 35.5 Å². The molecule has 1 aliphatic rings. The molecule has 1 saturated carbocycles. The van der Waals surface area contributed by atoms with Crippen LogP contribution in [0.4, 0.5) is 0 Å². The molecule has 13 heteroatoms. The maximum Gasteiger partial charge on any atom is 0.348 e. The molecule has 3 aromatic heterocycles. The maximum atomic E-state index is 14.1. The van der Waals surface area contributed by atoms with Crippen molar-refractivity contribution in [1.29, 1.82) is 0 Å². The minimum Gasteiger partial charge on any atom is -0.403 e. The van der Waals surface area contributed by atoms with E-state index in [-0.39, 0.29) is 50.5 Å². The fraction of sp³-hybridized carbons (Fsp3) is 0.346. The topological polar surface area (TPSA) is 131 Å². The standard InChI is InChI=1S/C26H27ClN6O5S/c1-14-10-11-33(28-14)13-19-20(39(5,36)37)9-8-17(22(19)27)24(34)21-23(16-6-7-16)30-32(4)25(21)38-26(35)18-12-31(3)29-15(18)2/h8-12,16H,6-7,13H2,1-5H3. The number of hydrogen-bond acceptors (Lipinski definition) is 8. The summed E-state index contributed by atoms with van der Waals surface area (Å²) in [4.78, 5) is 27.2. The van der Waals surface area contributed by atoms with Gasteiger partial charge in [0.05, 0.1) is 33.5 Å². The molecule has 0 aliphatic heterocycles. The Labute approximate surface area is 230 Å². The van der Waals surface area contributed by atoms with E-state index in [0.717, 1.165) is 24.8 Å². The molecule has 204 valence electrons. The van der Waals surface area contributed by atoms with Crippen LogP contribution >= 0.6 is 11.6 Å². The molecule has 5 rings (SSSR count). The van der Waals surface area contributed by atoms with Gasteiger partial charge in [-0.3, -0.25) is 14.2 Å². The van der Waals surface area contributed by atoms with E-state index in [1.165, 1.54) is 21.5 Å². The van der Waals surface area contributed by atoms with Gasteiger partial charge in [-0.25, -0.2) is 17.9 Å². The second-order valence-electron chi connectivity index (χ2n) is 9.81. The molecule has 0 radical (unpaired) electrons. The number of aromatic nitrogens is 6. The van der Waals surface area contributed by atoms with Gasteiger partial charge in [-0.2, -0.15) is 15.3 Å². The first-order valence-electron chi connectivity index (χ1n) is 12.2. The van der Waals surface area contributed by atoms with Crippen molar-refractivity contribution in [2.24, 2.45) is 14.1 Å². The number of esters is 1. The summed E-state index contributed by atoms with van der Waals surface area (Å²) in [6.45, 7) is 3.54. The monoisotopic (exact) mass is 570 g/mol. The first-order valence-corrected chi connectivity index (χ1v) is 14.5. The molecule has 0 spiro atoms. The van der Waals surface area contributed by atoms with Crippen molar-refractivity contribution in [3.8, 4) is 5.88 Å². The van der Waals surface area contributed by atoms with Gasteiger partial charge in [0.25, 0.3) is 0 Å². The van der Waals surface area contributed by atoms with Crippen LogP contribution in [0, 0.1) is 13.8 Å². The summed E-state index contributed by atoms with van der Waals surface area (Å²) in [6, 6.07) is 4.54. The van der Waals surface area contributed by atoms with Crippen LogP contribution in [0.3, 0.4) is 0 Å². The van der Waals surface area contributed by atoms with Gasteiger partial charge in [0.15, 0.2) is 9.84 Å². The van der Waals surface area contributed by atoms with Gasteiger partial charge in [-0.1, -0.05) is 11.6 Å². The quantitative estimate of drug-likeness (QED) is 0.233. The number of carbonyl (C=O) groups is 2. The Morgan fingerprint density at radius 2 is 1.79 bits per heavy atom. The molecule has 11 nitrogen and oxygen atoms in total. The average Bonchev–Trinajstić information content (AvgIpc) is 3.42. The average molecular weight is 571 g/mol. The summed E-state index contributed by atoms with van der Waals surface area (Å²) < 4.78 is 35.4. The van der Waals surface area contributed by atoms with E-state index < -0.39 is 21.6 Å². The van der Waals surface area contributed by atoms with E-state index in [4.69, 9.17) is 16.3 Å². The lowest BCUT2D eigenvalue weighted by atomic mass is 9.99. The van der Waals surface area contributed by atoms with Crippen LogP contribution in [0.25, 0.3) is 0 Å². The van der Waals surface area contributed by atoms with Crippen molar-refractivity contribution in [2.45, 2.75) is 44.0 Å².